The Morgan fingerprint density at radius 3 is 2.85 bits per heavy atom. The average molecular weight is 276 g/mol. The van der Waals surface area contributed by atoms with Crippen LogP contribution in [0.2, 0.25) is 0 Å². The summed E-state index contributed by atoms with van der Waals surface area (Å²) < 4.78 is 1.63. The van der Waals surface area contributed by atoms with Crippen LogP contribution >= 0.6 is 0 Å². The van der Waals surface area contributed by atoms with Crippen molar-refractivity contribution in [3.05, 3.63) is 30.2 Å². The van der Waals surface area contributed by atoms with Gasteiger partial charge in [-0.3, -0.25) is 14.0 Å². The maximum Gasteiger partial charge on any atom is 0.323 e. The molecule has 7 nitrogen and oxygen atoms in total. The van der Waals surface area contributed by atoms with E-state index in [0.29, 0.717) is 17.6 Å². The van der Waals surface area contributed by atoms with Gasteiger partial charge in [0, 0.05) is 12.2 Å². The van der Waals surface area contributed by atoms with E-state index in [1.165, 1.54) is 11.2 Å². The molecule has 106 valence electrons. The highest BCUT2D eigenvalue weighted by molar-refractivity contribution is 5.96. The Morgan fingerprint density at radius 1 is 1.45 bits per heavy atom. The minimum Gasteiger partial charge on any atom is -0.480 e. The first kappa shape index (κ1) is 14.0. The fourth-order valence-electron chi connectivity index (χ4n) is 1.91. The van der Waals surface area contributed by atoms with Crippen LogP contribution in [0.1, 0.15) is 30.6 Å². The summed E-state index contributed by atoms with van der Waals surface area (Å²) in [4.78, 5) is 24.7. The van der Waals surface area contributed by atoms with E-state index in [1.807, 2.05) is 13.8 Å². The number of carboxylic acids is 1. The SMILES string of the molecule is CCC(C)N(CC(=O)O)C(=O)c1ccc2nncn2c1. The quantitative estimate of drug-likeness (QED) is 0.882. The monoisotopic (exact) mass is 276 g/mol. The number of nitrogens with zero attached hydrogens (tertiary/aromatic N) is 4. The van der Waals surface area contributed by atoms with Gasteiger partial charge in [0.15, 0.2) is 5.65 Å². The zero-order valence-electron chi connectivity index (χ0n) is 11.4. The molecule has 0 spiro atoms. The minimum absolute atomic E-state index is 0.143. The van der Waals surface area contributed by atoms with Crippen LogP contribution in [-0.2, 0) is 4.79 Å². The van der Waals surface area contributed by atoms with Gasteiger partial charge in [-0.25, -0.2) is 0 Å². The van der Waals surface area contributed by atoms with E-state index in [1.54, 1.807) is 22.7 Å². The van der Waals surface area contributed by atoms with Crippen molar-refractivity contribution in [1.29, 1.82) is 0 Å². The highest BCUT2D eigenvalue weighted by atomic mass is 16.4. The first-order valence-electron chi connectivity index (χ1n) is 6.35. The lowest BCUT2D eigenvalue weighted by Gasteiger charge is -2.26. The molecule has 0 aliphatic heterocycles. The third-order valence-electron chi connectivity index (χ3n) is 3.23. The maximum absolute atomic E-state index is 12.5. The molecule has 0 aliphatic rings. The third-order valence-corrected chi connectivity index (χ3v) is 3.23. The molecule has 2 rings (SSSR count). The summed E-state index contributed by atoms with van der Waals surface area (Å²) in [5.74, 6) is -1.33. The van der Waals surface area contributed by atoms with Crippen LogP contribution < -0.4 is 0 Å². The first-order valence-corrected chi connectivity index (χ1v) is 6.35. The number of rotatable bonds is 5. The van der Waals surface area contributed by atoms with Gasteiger partial charge in [-0.1, -0.05) is 6.92 Å². The standard InChI is InChI=1S/C13H16N4O3/c1-3-9(2)17(7-12(18)19)13(20)10-4-5-11-15-14-8-16(11)6-10/h4-6,8-9H,3,7H2,1-2H3,(H,18,19). The van der Waals surface area contributed by atoms with Crippen LogP contribution in [0.5, 0.6) is 0 Å². The summed E-state index contributed by atoms with van der Waals surface area (Å²) in [5, 5.41) is 16.5. The van der Waals surface area contributed by atoms with E-state index in [9.17, 15) is 9.59 Å². The van der Waals surface area contributed by atoms with Crippen molar-refractivity contribution in [3.8, 4) is 0 Å². The number of carboxylic acid groups (broad SMARTS) is 1. The number of pyridine rings is 1. The molecule has 2 aromatic rings. The van der Waals surface area contributed by atoms with Crippen molar-refractivity contribution < 1.29 is 14.7 Å². The van der Waals surface area contributed by atoms with Crippen molar-refractivity contribution >= 4 is 17.5 Å². The molecule has 0 saturated heterocycles. The van der Waals surface area contributed by atoms with Gasteiger partial charge >= 0.3 is 5.97 Å². The fourth-order valence-corrected chi connectivity index (χ4v) is 1.91. The Morgan fingerprint density at radius 2 is 2.20 bits per heavy atom. The van der Waals surface area contributed by atoms with E-state index < -0.39 is 5.97 Å². The molecule has 0 bridgehead atoms. The fraction of sp³-hybridized carbons (Fsp3) is 0.385. The zero-order chi connectivity index (χ0) is 14.7. The largest absolute Gasteiger partial charge is 0.480 e. The lowest BCUT2D eigenvalue weighted by atomic mass is 10.1. The van der Waals surface area contributed by atoms with Crippen LogP contribution in [0, 0.1) is 0 Å². The van der Waals surface area contributed by atoms with Crippen molar-refractivity contribution in [1.82, 2.24) is 19.5 Å². The molecule has 0 saturated carbocycles. The number of carbonyl (C=O) groups is 2. The number of amides is 1. The van der Waals surface area contributed by atoms with Gasteiger partial charge < -0.3 is 10.0 Å². The molecule has 1 atom stereocenters. The Hall–Kier alpha value is -2.44. The lowest BCUT2D eigenvalue weighted by molar-refractivity contribution is -0.138. The number of hydrogen-bond donors (Lipinski definition) is 1. The van der Waals surface area contributed by atoms with Crippen LogP contribution in [0.25, 0.3) is 5.65 Å². The molecule has 1 N–H and O–H groups in total. The Kier molecular flexibility index (Phi) is 3.97. The molecule has 20 heavy (non-hydrogen) atoms. The Labute approximate surface area is 115 Å². The summed E-state index contributed by atoms with van der Waals surface area (Å²) in [5.41, 5.74) is 1.05. The molecular formula is C13H16N4O3. The highest BCUT2D eigenvalue weighted by Gasteiger charge is 2.23. The zero-order valence-corrected chi connectivity index (χ0v) is 11.4. The molecule has 2 aromatic heterocycles. The number of aliphatic carboxylic acids is 1. The molecular weight excluding hydrogens is 260 g/mol. The summed E-state index contributed by atoms with van der Waals surface area (Å²) >= 11 is 0. The molecule has 0 aromatic carbocycles. The predicted molar refractivity (Wildman–Crippen MR) is 71.4 cm³/mol. The molecule has 1 unspecified atom stereocenters. The van der Waals surface area contributed by atoms with Gasteiger partial charge in [0.25, 0.3) is 5.91 Å². The second-order valence-corrected chi connectivity index (χ2v) is 4.60. The number of hydrogen-bond acceptors (Lipinski definition) is 4. The average Bonchev–Trinajstić information content (AvgIpc) is 2.90. The van der Waals surface area contributed by atoms with Gasteiger partial charge in [0.1, 0.15) is 12.9 Å². The number of carbonyl (C=O) groups excluding carboxylic acids is 1. The molecule has 7 heteroatoms. The highest BCUT2D eigenvalue weighted by Crippen LogP contribution is 2.11. The Balaban J connectivity index is 2.31. The summed E-state index contributed by atoms with van der Waals surface area (Å²) in [6, 6.07) is 3.16. The summed E-state index contributed by atoms with van der Waals surface area (Å²) in [7, 11) is 0. The van der Waals surface area contributed by atoms with Crippen molar-refractivity contribution in [2.45, 2.75) is 26.3 Å². The number of fused-ring (bicyclic) bond motifs is 1. The Bertz CT molecular complexity index is 637. The van der Waals surface area contributed by atoms with Gasteiger partial charge in [-0.05, 0) is 25.5 Å². The van der Waals surface area contributed by atoms with Gasteiger partial charge in [0.2, 0.25) is 0 Å². The van der Waals surface area contributed by atoms with Crippen molar-refractivity contribution in [2.24, 2.45) is 0 Å². The van der Waals surface area contributed by atoms with Gasteiger partial charge in [0.05, 0.1) is 5.56 Å². The maximum atomic E-state index is 12.5. The van der Waals surface area contributed by atoms with Crippen LogP contribution in [0.3, 0.4) is 0 Å². The van der Waals surface area contributed by atoms with Crippen LogP contribution in [0.15, 0.2) is 24.7 Å². The van der Waals surface area contributed by atoms with Crippen LogP contribution in [-0.4, -0.2) is 49.1 Å². The van der Waals surface area contributed by atoms with E-state index >= 15 is 0 Å². The smallest absolute Gasteiger partial charge is 0.323 e. The van der Waals surface area contributed by atoms with E-state index in [2.05, 4.69) is 10.2 Å². The van der Waals surface area contributed by atoms with E-state index in [0.717, 1.165) is 0 Å². The predicted octanol–water partition coefficient (Wildman–Crippen LogP) is 1.05. The normalized spacial score (nSPS) is 12.3. The van der Waals surface area contributed by atoms with Gasteiger partial charge in [-0.2, -0.15) is 0 Å². The molecule has 1 amide bonds. The first-order chi connectivity index (χ1) is 9.52. The summed E-state index contributed by atoms with van der Waals surface area (Å²) in [6.45, 7) is 3.43. The van der Waals surface area contributed by atoms with Crippen molar-refractivity contribution in [3.63, 3.8) is 0 Å². The molecule has 2 heterocycles. The van der Waals surface area contributed by atoms with Crippen molar-refractivity contribution in [2.75, 3.05) is 6.54 Å². The third kappa shape index (κ3) is 2.76. The van der Waals surface area contributed by atoms with E-state index in [4.69, 9.17) is 5.11 Å². The molecule has 0 radical (unpaired) electrons. The summed E-state index contributed by atoms with van der Waals surface area (Å²) in [6.07, 6.45) is 3.79. The molecule has 0 aliphatic carbocycles. The minimum atomic E-state index is -1.02. The molecule has 0 fully saturated rings. The number of aromatic nitrogens is 3. The second-order valence-electron chi connectivity index (χ2n) is 4.60. The van der Waals surface area contributed by atoms with Gasteiger partial charge in [-0.15, -0.1) is 10.2 Å². The van der Waals surface area contributed by atoms with E-state index in [-0.39, 0.29) is 18.5 Å². The van der Waals surface area contributed by atoms with Crippen LogP contribution in [0.4, 0.5) is 0 Å². The second kappa shape index (κ2) is 5.68. The topological polar surface area (TPSA) is 87.8 Å². The lowest BCUT2D eigenvalue weighted by Crippen LogP contribution is -2.41.